The summed E-state index contributed by atoms with van der Waals surface area (Å²) in [4.78, 5) is 25.3. The van der Waals surface area contributed by atoms with Crippen molar-refractivity contribution in [2.45, 2.75) is 13.8 Å². The first-order valence-corrected chi connectivity index (χ1v) is 10.5. The molecule has 1 aliphatic heterocycles. The van der Waals surface area contributed by atoms with E-state index in [0.29, 0.717) is 39.3 Å². The summed E-state index contributed by atoms with van der Waals surface area (Å²) in [5, 5.41) is 0. The molecule has 0 bridgehead atoms. The lowest BCUT2D eigenvalue weighted by molar-refractivity contribution is 0.0732. The van der Waals surface area contributed by atoms with Gasteiger partial charge >= 0.3 is 5.97 Å². The van der Waals surface area contributed by atoms with Crippen molar-refractivity contribution in [1.29, 1.82) is 0 Å². The van der Waals surface area contributed by atoms with E-state index in [0.717, 1.165) is 11.3 Å². The third-order valence-electron chi connectivity index (χ3n) is 4.82. The Labute approximate surface area is 188 Å². The van der Waals surface area contributed by atoms with E-state index < -0.39 is 5.97 Å². The molecule has 3 aromatic carbocycles. The number of allylic oxidation sites excluding steroid dienone is 1. The Morgan fingerprint density at radius 1 is 1.06 bits per heavy atom. The van der Waals surface area contributed by atoms with Crippen LogP contribution in [-0.2, 0) is 0 Å². The number of halogens is 1. The second-order valence-electron chi connectivity index (χ2n) is 6.88. The second kappa shape index (κ2) is 8.78. The van der Waals surface area contributed by atoms with Crippen molar-refractivity contribution < 1.29 is 23.8 Å². The van der Waals surface area contributed by atoms with Gasteiger partial charge in [0.15, 0.2) is 5.76 Å². The van der Waals surface area contributed by atoms with Crippen LogP contribution in [0.2, 0.25) is 0 Å². The Balaban J connectivity index is 1.58. The molecule has 156 valence electrons. The largest absolute Gasteiger partial charge is 0.494 e. The van der Waals surface area contributed by atoms with Crippen molar-refractivity contribution in [3.05, 3.63) is 93.1 Å². The van der Waals surface area contributed by atoms with Crippen molar-refractivity contribution in [2.24, 2.45) is 0 Å². The Kier molecular flexibility index (Phi) is 5.91. The molecule has 0 atom stereocenters. The predicted octanol–water partition coefficient (Wildman–Crippen LogP) is 5.99. The normalized spacial score (nSPS) is 13.6. The van der Waals surface area contributed by atoms with Gasteiger partial charge in [-0.1, -0.05) is 24.3 Å². The van der Waals surface area contributed by atoms with Gasteiger partial charge in [0.25, 0.3) is 0 Å². The third kappa shape index (κ3) is 4.25. The first-order chi connectivity index (χ1) is 15.0. The van der Waals surface area contributed by atoms with Crippen molar-refractivity contribution in [3.63, 3.8) is 0 Å². The zero-order valence-corrected chi connectivity index (χ0v) is 18.6. The lowest BCUT2D eigenvalue weighted by atomic mass is 10.1. The quantitative estimate of drug-likeness (QED) is 0.256. The van der Waals surface area contributed by atoms with Crippen LogP contribution in [0.3, 0.4) is 0 Å². The Morgan fingerprint density at radius 3 is 2.52 bits per heavy atom. The fourth-order valence-corrected chi connectivity index (χ4v) is 3.69. The van der Waals surface area contributed by atoms with E-state index in [1.165, 1.54) is 0 Å². The molecular formula is C25H19BrO5. The van der Waals surface area contributed by atoms with Gasteiger partial charge in [-0.15, -0.1) is 0 Å². The zero-order chi connectivity index (χ0) is 22.0. The van der Waals surface area contributed by atoms with Crippen molar-refractivity contribution >= 4 is 33.8 Å². The molecule has 31 heavy (non-hydrogen) atoms. The molecule has 0 spiro atoms. The Morgan fingerprint density at radius 2 is 1.81 bits per heavy atom. The van der Waals surface area contributed by atoms with Crippen LogP contribution in [0.1, 0.15) is 38.8 Å². The molecule has 0 saturated heterocycles. The zero-order valence-electron chi connectivity index (χ0n) is 17.0. The molecule has 5 nitrogen and oxygen atoms in total. The number of carbonyl (C=O) groups is 2. The van der Waals surface area contributed by atoms with Crippen molar-refractivity contribution in [2.75, 3.05) is 6.61 Å². The first-order valence-electron chi connectivity index (χ1n) is 9.75. The summed E-state index contributed by atoms with van der Waals surface area (Å²) in [5.74, 6) is 1.02. The molecule has 1 aliphatic rings. The van der Waals surface area contributed by atoms with Gasteiger partial charge in [0.2, 0.25) is 5.78 Å². The van der Waals surface area contributed by atoms with Gasteiger partial charge in [0, 0.05) is 10.0 Å². The van der Waals surface area contributed by atoms with Crippen LogP contribution in [0.4, 0.5) is 0 Å². The fourth-order valence-electron chi connectivity index (χ4n) is 3.24. The van der Waals surface area contributed by atoms with Gasteiger partial charge in [0.05, 0.1) is 17.7 Å². The Bertz CT molecular complexity index is 1200. The molecule has 3 aromatic rings. The highest BCUT2D eigenvalue weighted by atomic mass is 79.9. The molecule has 0 fully saturated rings. The summed E-state index contributed by atoms with van der Waals surface area (Å²) in [5.41, 5.74) is 2.25. The molecule has 1 heterocycles. The van der Waals surface area contributed by atoms with Crippen LogP contribution in [0, 0.1) is 6.92 Å². The molecule has 4 rings (SSSR count). The maximum absolute atomic E-state index is 12.8. The fraction of sp³-hybridized carbons (Fsp3) is 0.120. The second-order valence-corrected chi connectivity index (χ2v) is 7.73. The maximum atomic E-state index is 12.8. The number of fused-ring (bicyclic) bond motifs is 1. The first kappa shape index (κ1) is 20.9. The third-order valence-corrected chi connectivity index (χ3v) is 5.51. The Hall–Kier alpha value is -3.38. The van der Waals surface area contributed by atoms with E-state index in [2.05, 4.69) is 15.9 Å². The summed E-state index contributed by atoms with van der Waals surface area (Å²) in [7, 11) is 0. The minimum Gasteiger partial charge on any atom is -0.494 e. The number of benzene rings is 3. The van der Waals surface area contributed by atoms with Gasteiger partial charge in [0.1, 0.15) is 17.2 Å². The van der Waals surface area contributed by atoms with E-state index in [1.807, 2.05) is 37.3 Å². The molecule has 0 unspecified atom stereocenters. The van der Waals surface area contributed by atoms with Crippen molar-refractivity contribution in [3.8, 4) is 17.2 Å². The monoisotopic (exact) mass is 478 g/mol. The number of ketones is 1. The van der Waals surface area contributed by atoms with Gasteiger partial charge in [-0.3, -0.25) is 4.79 Å². The predicted molar refractivity (Wildman–Crippen MR) is 121 cm³/mol. The highest BCUT2D eigenvalue weighted by Gasteiger charge is 2.30. The van der Waals surface area contributed by atoms with E-state index in [9.17, 15) is 9.59 Å². The molecule has 0 N–H and O–H groups in total. The average molecular weight is 479 g/mol. The number of carbonyl (C=O) groups excluding carboxylic acids is 2. The smallest absolute Gasteiger partial charge is 0.344 e. The molecule has 6 heteroatoms. The van der Waals surface area contributed by atoms with Gasteiger partial charge in [-0.25, -0.2) is 4.79 Å². The average Bonchev–Trinajstić information content (AvgIpc) is 3.08. The van der Waals surface area contributed by atoms with E-state index in [4.69, 9.17) is 14.2 Å². The standard InChI is InChI=1S/C25H19BrO5/c1-3-29-17-10-8-16(9-11-17)14-22-23(27)19-12-13-21(15(2)24(19)30-22)31-25(28)18-6-4-5-7-20(18)26/h4-14H,3H2,1-2H3/b22-14-. The molecule has 0 aromatic heterocycles. The van der Waals surface area contributed by atoms with Gasteiger partial charge in [-0.05, 0) is 77.8 Å². The summed E-state index contributed by atoms with van der Waals surface area (Å²) < 4.78 is 17.5. The van der Waals surface area contributed by atoms with Gasteiger partial charge in [-0.2, -0.15) is 0 Å². The SMILES string of the molecule is CCOc1ccc(/C=C2\Oc3c(ccc(OC(=O)c4ccccc4Br)c3C)C2=O)cc1. The minimum absolute atomic E-state index is 0.212. The van der Waals surface area contributed by atoms with Crippen LogP contribution in [-0.4, -0.2) is 18.4 Å². The highest BCUT2D eigenvalue weighted by Crippen LogP contribution is 2.39. The van der Waals surface area contributed by atoms with E-state index in [1.54, 1.807) is 43.3 Å². The summed E-state index contributed by atoms with van der Waals surface area (Å²) in [6.45, 7) is 4.27. The number of hydrogen-bond donors (Lipinski definition) is 0. The topological polar surface area (TPSA) is 61.8 Å². The molecule has 0 aliphatic carbocycles. The summed E-state index contributed by atoms with van der Waals surface area (Å²) in [6.07, 6.45) is 1.68. The molecule has 0 saturated carbocycles. The lowest BCUT2D eigenvalue weighted by Crippen LogP contribution is -2.10. The number of hydrogen-bond acceptors (Lipinski definition) is 5. The lowest BCUT2D eigenvalue weighted by Gasteiger charge is -2.10. The molecule has 0 amide bonds. The maximum Gasteiger partial charge on any atom is 0.344 e. The number of esters is 1. The molecule has 0 radical (unpaired) electrons. The van der Waals surface area contributed by atoms with Crippen LogP contribution in [0.15, 0.2) is 70.9 Å². The van der Waals surface area contributed by atoms with Crippen LogP contribution in [0.5, 0.6) is 17.2 Å². The number of Topliss-reactive ketones (excluding diaryl/α,β-unsaturated/α-hetero) is 1. The summed E-state index contributed by atoms with van der Waals surface area (Å²) in [6, 6.07) is 17.6. The van der Waals surface area contributed by atoms with E-state index in [-0.39, 0.29) is 11.5 Å². The molecular weight excluding hydrogens is 460 g/mol. The van der Waals surface area contributed by atoms with Crippen LogP contribution < -0.4 is 14.2 Å². The highest BCUT2D eigenvalue weighted by molar-refractivity contribution is 9.10. The number of ether oxygens (including phenoxy) is 3. The van der Waals surface area contributed by atoms with Gasteiger partial charge < -0.3 is 14.2 Å². The number of rotatable bonds is 5. The van der Waals surface area contributed by atoms with Crippen LogP contribution >= 0.6 is 15.9 Å². The minimum atomic E-state index is -0.495. The van der Waals surface area contributed by atoms with E-state index >= 15 is 0 Å². The van der Waals surface area contributed by atoms with Crippen molar-refractivity contribution in [1.82, 2.24) is 0 Å². The van der Waals surface area contributed by atoms with Crippen LogP contribution in [0.25, 0.3) is 6.08 Å². The summed E-state index contributed by atoms with van der Waals surface area (Å²) >= 11 is 3.35.